The van der Waals surface area contributed by atoms with Gasteiger partial charge in [0.15, 0.2) is 5.17 Å². The monoisotopic (exact) mass is 399 g/mol. The van der Waals surface area contributed by atoms with E-state index in [2.05, 4.69) is 11.6 Å². The number of nitrogens with zero attached hydrogens (tertiary/aromatic N) is 2. The molecule has 1 amide bonds. The summed E-state index contributed by atoms with van der Waals surface area (Å²) in [4.78, 5) is 29.7. The number of carboxylic acids is 1. The van der Waals surface area contributed by atoms with Crippen molar-refractivity contribution >= 4 is 46.1 Å². The molecule has 1 saturated heterocycles. The molecule has 1 atom stereocenters. The second-order valence-corrected chi connectivity index (χ2v) is 7.45. The minimum atomic E-state index is -1.24. The number of carboxylic acid groups (broad SMARTS) is 1. The number of benzene rings is 2. The molecule has 0 saturated carbocycles. The maximum absolute atomic E-state index is 12.8. The molecular weight excluding hydrogens is 384 g/mol. The number of rotatable bonds is 6. The van der Waals surface area contributed by atoms with E-state index in [1.165, 1.54) is 23.9 Å². The topological polar surface area (TPSA) is 72.8 Å². The first-order valence-corrected chi connectivity index (χ1v) is 9.48. The van der Waals surface area contributed by atoms with Crippen LogP contribution >= 0.6 is 23.4 Å². The zero-order valence-electron chi connectivity index (χ0n) is 14.3. The number of amides is 1. The van der Waals surface area contributed by atoms with Crippen LogP contribution in [0.25, 0.3) is 0 Å². The fourth-order valence-corrected chi connectivity index (χ4v) is 4.08. The first kappa shape index (κ1) is 19.2. The van der Waals surface area contributed by atoms with Crippen molar-refractivity contribution in [3.05, 3.63) is 77.3 Å². The molecule has 27 heavy (non-hydrogen) atoms. The Bertz CT molecular complexity index is 912. The van der Waals surface area contributed by atoms with E-state index in [9.17, 15) is 14.7 Å². The molecular formula is C20H16ClN2O3S-. The molecule has 0 bridgehead atoms. The van der Waals surface area contributed by atoms with Crippen molar-refractivity contribution < 1.29 is 14.7 Å². The fraction of sp³-hybridized carbons (Fsp3) is 0.150. The van der Waals surface area contributed by atoms with E-state index in [0.717, 1.165) is 5.56 Å². The van der Waals surface area contributed by atoms with Crippen molar-refractivity contribution in [1.29, 1.82) is 0 Å². The predicted octanol–water partition coefficient (Wildman–Crippen LogP) is 3.06. The highest BCUT2D eigenvalue weighted by molar-refractivity contribution is 8.15. The lowest BCUT2D eigenvalue weighted by atomic mass is 10.1. The Balaban J connectivity index is 1.85. The third-order valence-electron chi connectivity index (χ3n) is 4.02. The molecule has 1 fully saturated rings. The van der Waals surface area contributed by atoms with Gasteiger partial charge in [-0.05, 0) is 35.7 Å². The molecule has 0 spiro atoms. The van der Waals surface area contributed by atoms with Gasteiger partial charge >= 0.3 is 0 Å². The number of aliphatic imine (C=N–C) groups is 1. The molecule has 1 heterocycles. The SMILES string of the molecule is C=CCN1C(=O)C(Cc2ccccc2Cl)SC1=Nc1ccc(C(=O)[O-])cc1. The average molecular weight is 400 g/mol. The van der Waals surface area contributed by atoms with Crippen LogP contribution in [0.15, 0.2) is 66.2 Å². The van der Waals surface area contributed by atoms with Gasteiger partial charge in [-0.25, -0.2) is 4.99 Å². The normalized spacial score (nSPS) is 18.1. The lowest BCUT2D eigenvalue weighted by Gasteiger charge is -2.14. The highest BCUT2D eigenvalue weighted by Crippen LogP contribution is 2.33. The van der Waals surface area contributed by atoms with Gasteiger partial charge in [0.1, 0.15) is 0 Å². The molecule has 0 aromatic heterocycles. The summed E-state index contributed by atoms with van der Waals surface area (Å²) in [7, 11) is 0. The van der Waals surface area contributed by atoms with Crippen LogP contribution in [-0.4, -0.2) is 33.7 Å². The van der Waals surface area contributed by atoms with Gasteiger partial charge in [-0.15, -0.1) is 6.58 Å². The maximum Gasteiger partial charge on any atom is 0.242 e. The van der Waals surface area contributed by atoms with Crippen LogP contribution in [0.1, 0.15) is 15.9 Å². The van der Waals surface area contributed by atoms with E-state index in [0.29, 0.717) is 28.8 Å². The number of carbonyl (C=O) groups excluding carboxylic acids is 2. The average Bonchev–Trinajstić information content (AvgIpc) is 2.93. The van der Waals surface area contributed by atoms with Crippen molar-refractivity contribution in [2.24, 2.45) is 4.99 Å². The highest BCUT2D eigenvalue weighted by atomic mass is 35.5. The zero-order chi connectivity index (χ0) is 19.4. The lowest BCUT2D eigenvalue weighted by molar-refractivity contribution is -0.255. The maximum atomic E-state index is 12.8. The van der Waals surface area contributed by atoms with Gasteiger partial charge in [0, 0.05) is 11.6 Å². The molecule has 2 aromatic rings. The first-order valence-electron chi connectivity index (χ1n) is 8.22. The van der Waals surface area contributed by atoms with Crippen LogP contribution in [0.4, 0.5) is 5.69 Å². The van der Waals surface area contributed by atoms with Gasteiger partial charge in [-0.3, -0.25) is 9.69 Å². The standard InChI is InChI=1S/C20H17ClN2O3S/c1-2-11-23-18(24)17(12-14-5-3-4-6-16(14)21)27-20(23)22-15-9-7-13(8-10-15)19(25)26/h2-10,17H,1,11-12H2,(H,25,26)/p-1. The zero-order valence-corrected chi connectivity index (χ0v) is 15.9. The van der Waals surface area contributed by atoms with Crippen molar-refractivity contribution in [3.63, 3.8) is 0 Å². The summed E-state index contributed by atoms with van der Waals surface area (Å²) in [5.41, 5.74) is 1.54. The van der Waals surface area contributed by atoms with Crippen LogP contribution in [-0.2, 0) is 11.2 Å². The summed E-state index contributed by atoms with van der Waals surface area (Å²) in [5.74, 6) is -1.29. The lowest BCUT2D eigenvalue weighted by Crippen LogP contribution is -2.32. The number of amidine groups is 1. The van der Waals surface area contributed by atoms with Gasteiger partial charge in [0.05, 0.1) is 16.9 Å². The summed E-state index contributed by atoms with van der Waals surface area (Å²) in [6.45, 7) is 4.05. The van der Waals surface area contributed by atoms with E-state index in [1.54, 1.807) is 29.2 Å². The summed E-state index contributed by atoms with van der Waals surface area (Å²) in [6, 6.07) is 13.5. The molecule has 1 unspecified atom stereocenters. The fourth-order valence-electron chi connectivity index (χ4n) is 2.67. The van der Waals surface area contributed by atoms with Gasteiger partial charge in [-0.1, -0.05) is 59.8 Å². The third kappa shape index (κ3) is 4.40. The number of carbonyl (C=O) groups is 2. The largest absolute Gasteiger partial charge is 0.545 e. The van der Waals surface area contributed by atoms with E-state index < -0.39 is 5.97 Å². The molecule has 138 valence electrons. The number of thioether (sulfide) groups is 1. The Morgan fingerprint density at radius 3 is 2.59 bits per heavy atom. The van der Waals surface area contributed by atoms with Crippen molar-refractivity contribution in [1.82, 2.24) is 4.90 Å². The van der Waals surface area contributed by atoms with Crippen molar-refractivity contribution in [2.45, 2.75) is 11.7 Å². The number of hydrogen-bond donors (Lipinski definition) is 0. The van der Waals surface area contributed by atoms with Crippen LogP contribution in [0.2, 0.25) is 5.02 Å². The second kappa shape index (κ2) is 8.41. The Morgan fingerprint density at radius 1 is 1.26 bits per heavy atom. The minimum Gasteiger partial charge on any atom is -0.545 e. The Labute approximate surface area is 166 Å². The van der Waals surface area contributed by atoms with Gasteiger partial charge < -0.3 is 9.90 Å². The van der Waals surface area contributed by atoms with Crippen LogP contribution in [0, 0.1) is 0 Å². The van der Waals surface area contributed by atoms with Crippen LogP contribution in [0.5, 0.6) is 0 Å². The Hall–Kier alpha value is -2.57. The molecule has 1 aliphatic rings. The molecule has 3 rings (SSSR count). The Morgan fingerprint density at radius 2 is 1.96 bits per heavy atom. The number of aromatic carboxylic acids is 1. The molecule has 1 aliphatic heterocycles. The van der Waals surface area contributed by atoms with E-state index in [4.69, 9.17) is 11.6 Å². The number of hydrogen-bond acceptors (Lipinski definition) is 5. The van der Waals surface area contributed by atoms with E-state index >= 15 is 0 Å². The number of halogens is 1. The van der Waals surface area contributed by atoms with Gasteiger partial charge in [-0.2, -0.15) is 0 Å². The summed E-state index contributed by atoms with van der Waals surface area (Å²) < 4.78 is 0. The van der Waals surface area contributed by atoms with E-state index in [-0.39, 0.29) is 16.7 Å². The van der Waals surface area contributed by atoms with Crippen LogP contribution < -0.4 is 5.11 Å². The summed E-state index contributed by atoms with van der Waals surface area (Å²) in [5, 5.41) is 11.7. The highest BCUT2D eigenvalue weighted by Gasteiger charge is 2.37. The van der Waals surface area contributed by atoms with Gasteiger partial charge in [0.2, 0.25) is 5.91 Å². The van der Waals surface area contributed by atoms with Crippen molar-refractivity contribution in [2.75, 3.05) is 6.54 Å². The van der Waals surface area contributed by atoms with Gasteiger partial charge in [0.25, 0.3) is 0 Å². The summed E-state index contributed by atoms with van der Waals surface area (Å²) >= 11 is 7.59. The molecule has 0 radical (unpaired) electrons. The molecule has 7 heteroatoms. The molecule has 2 aromatic carbocycles. The first-order chi connectivity index (χ1) is 13.0. The third-order valence-corrected chi connectivity index (χ3v) is 5.57. The van der Waals surface area contributed by atoms with Crippen LogP contribution in [0.3, 0.4) is 0 Å². The summed E-state index contributed by atoms with van der Waals surface area (Å²) in [6.07, 6.45) is 2.14. The molecule has 0 aliphatic carbocycles. The quantitative estimate of drug-likeness (QED) is 0.700. The smallest absolute Gasteiger partial charge is 0.242 e. The molecule has 5 nitrogen and oxygen atoms in total. The predicted molar refractivity (Wildman–Crippen MR) is 106 cm³/mol. The minimum absolute atomic E-state index is 0.0510. The molecule has 0 N–H and O–H groups in total. The second-order valence-electron chi connectivity index (χ2n) is 5.87. The van der Waals surface area contributed by atoms with Crippen molar-refractivity contribution in [3.8, 4) is 0 Å². The van der Waals surface area contributed by atoms with E-state index in [1.807, 2.05) is 18.2 Å². The Kier molecular flexibility index (Phi) is 5.98.